The highest BCUT2D eigenvalue weighted by molar-refractivity contribution is 6.21. The normalized spacial score (nSPS) is 12.0. The molecule has 9 heteroatoms. The molecule has 0 amide bonds. The van der Waals surface area contributed by atoms with Crippen LogP contribution in [0, 0.1) is 5.82 Å². The second-order valence-corrected chi connectivity index (χ2v) is 10.6. The highest BCUT2D eigenvalue weighted by Crippen LogP contribution is 2.32. The van der Waals surface area contributed by atoms with Gasteiger partial charge in [-0.15, -0.1) is 0 Å². The number of aryl methyl sites for hydroxylation is 1. The molecule has 214 valence electrons. The minimum absolute atomic E-state index is 0.0946. The lowest BCUT2D eigenvalue weighted by Crippen LogP contribution is -2.31. The van der Waals surface area contributed by atoms with Gasteiger partial charge >= 0.3 is 11.9 Å². The van der Waals surface area contributed by atoms with Gasteiger partial charge in [-0.3, -0.25) is 9.59 Å². The van der Waals surface area contributed by atoms with E-state index in [1.807, 2.05) is 69.3 Å². The minimum Gasteiger partial charge on any atom is -0.494 e. The van der Waals surface area contributed by atoms with Crippen molar-refractivity contribution in [2.75, 3.05) is 13.7 Å². The lowest BCUT2D eigenvalue weighted by atomic mass is 9.98. The third-order valence-electron chi connectivity index (χ3n) is 6.25. The molecule has 8 nitrogen and oxygen atoms in total. The van der Waals surface area contributed by atoms with Gasteiger partial charge in [0.05, 0.1) is 36.1 Å². The predicted molar refractivity (Wildman–Crippen MR) is 156 cm³/mol. The molecule has 0 saturated heterocycles. The van der Waals surface area contributed by atoms with Crippen LogP contribution in [-0.4, -0.2) is 47.0 Å². The molecular formula is C32H34FN3O5. The number of hydrogen-bond acceptors (Lipinski definition) is 7. The number of halogens is 1. The lowest BCUT2D eigenvalue weighted by molar-refractivity contribution is -0.153. The van der Waals surface area contributed by atoms with Gasteiger partial charge in [-0.25, -0.2) is 9.38 Å². The highest BCUT2D eigenvalue weighted by atomic mass is 19.1. The molecule has 0 aliphatic carbocycles. The first-order chi connectivity index (χ1) is 19.5. The molecule has 0 fully saturated rings. The Bertz CT molecular complexity index is 1550. The summed E-state index contributed by atoms with van der Waals surface area (Å²) in [5.41, 5.74) is 4.14. The summed E-state index contributed by atoms with van der Waals surface area (Å²) in [6.45, 7) is 6.04. The van der Waals surface area contributed by atoms with Gasteiger partial charge in [-0.1, -0.05) is 36.4 Å². The SMILES string of the molecule is COC(=O)CCc1ccc(C(=Nc2ccc(CNCC(=O)OC(C)(C)C)cc2)c2c(O)[nH]c3cc(F)ccc23)cc1. The number of aromatic amines is 1. The van der Waals surface area contributed by atoms with Crippen LogP contribution in [0.1, 0.15) is 49.4 Å². The summed E-state index contributed by atoms with van der Waals surface area (Å²) < 4.78 is 23.9. The van der Waals surface area contributed by atoms with E-state index in [1.54, 1.807) is 6.07 Å². The second kappa shape index (κ2) is 12.8. The zero-order valence-corrected chi connectivity index (χ0v) is 23.6. The molecule has 1 aromatic heterocycles. The Morgan fingerprint density at radius 3 is 2.32 bits per heavy atom. The number of nitrogens with zero attached hydrogens (tertiary/aromatic N) is 1. The number of carbonyl (C=O) groups is 2. The quantitative estimate of drug-likeness (QED) is 0.169. The average Bonchev–Trinajstić information content (AvgIpc) is 3.24. The Labute approximate surface area is 238 Å². The summed E-state index contributed by atoms with van der Waals surface area (Å²) in [6.07, 6.45) is 0.797. The third-order valence-corrected chi connectivity index (χ3v) is 6.25. The Balaban J connectivity index is 1.61. The van der Waals surface area contributed by atoms with Crippen molar-refractivity contribution in [2.24, 2.45) is 4.99 Å². The number of fused-ring (bicyclic) bond motifs is 1. The van der Waals surface area contributed by atoms with E-state index in [2.05, 4.69) is 10.3 Å². The van der Waals surface area contributed by atoms with Gasteiger partial charge in [0, 0.05) is 23.9 Å². The van der Waals surface area contributed by atoms with Crippen LogP contribution in [0.3, 0.4) is 0 Å². The molecule has 3 N–H and O–H groups in total. The molecule has 0 bridgehead atoms. The first-order valence-corrected chi connectivity index (χ1v) is 13.3. The molecule has 41 heavy (non-hydrogen) atoms. The third kappa shape index (κ3) is 8.02. The van der Waals surface area contributed by atoms with Gasteiger partial charge in [0.2, 0.25) is 0 Å². The van der Waals surface area contributed by atoms with Gasteiger partial charge in [-0.2, -0.15) is 0 Å². The van der Waals surface area contributed by atoms with Crippen LogP contribution in [0.4, 0.5) is 10.1 Å². The number of methoxy groups -OCH3 is 1. The summed E-state index contributed by atoms with van der Waals surface area (Å²) in [4.78, 5) is 31.2. The van der Waals surface area contributed by atoms with E-state index in [-0.39, 0.29) is 30.8 Å². The largest absolute Gasteiger partial charge is 0.494 e. The number of benzene rings is 3. The maximum atomic E-state index is 13.9. The first kappa shape index (κ1) is 29.5. The molecular weight excluding hydrogens is 525 g/mol. The van der Waals surface area contributed by atoms with Crippen molar-refractivity contribution in [3.05, 3.63) is 94.8 Å². The maximum absolute atomic E-state index is 13.9. The molecule has 1 heterocycles. The van der Waals surface area contributed by atoms with E-state index < -0.39 is 11.4 Å². The minimum atomic E-state index is -0.535. The van der Waals surface area contributed by atoms with Crippen LogP contribution < -0.4 is 5.32 Å². The number of hydrogen-bond donors (Lipinski definition) is 3. The fourth-order valence-electron chi connectivity index (χ4n) is 4.34. The van der Waals surface area contributed by atoms with Gasteiger partial charge < -0.3 is 24.9 Å². The Morgan fingerprint density at radius 2 is 1.66 bits per heavy atom. The van der Waals surface area contributed by atoms with Crippen LogP contribution in [0.15, 0.2) is 71.7 Å². The number of nitrogens with one attached hydrogen (secondary N) is 2. The summed E-state index contributed by atoms with van der Waals surface area (Å²) in [7, 11) is 1.36. The van der Waals surface area contributed by atoms with Gasteiger partial charge in [0.25, 0.3) is 0 Å². The Morgan fingerprint density at radius 1 is 0.976 bits per heavy atom. The number of aromatic nitrogens is 1. The smallest absolute Gasteiger partial charge is 0.320 e. The molecule has 0 saturated carbocycles. The molecule has 0 aliphatic heterocycles. The summed E-state index contributed by atoms with van der Waals surface area (Å²) >= 11 is 0. The van der Waals surface area contributed by atoms with E-state index in [1.165, 1.54) is 19.2 Å². The van der Waals surface area contributed by atoms with Gasteiger partial charge in [-0.05, 0) is 68.7 Å². The van der Waals surface area contributed by atoms with Crippen LogP contribution in [0.5, 0.6) is 5.88 Å². The molecule has 0 spiro atoms. The van der Waals surface area contributed by atoms with Gasteiger partial charge in [0.15, 0.2) is 5.88 Å². The standard InChI is InChI=1S/C32H34FN3O5/c1-32(2,3)41-28(38)19-34-18-21-7-13-24(14-8-21)35-30(22-10-5-20(6-11-22)9-16-27(37)40-4)29-25-15-12-23(33)17-26(25)36-31(29)39/h5-8,10-15,17,34,36,39H,9,16,18-19H2,1-4H3. The van der Waals surface area contributed by atoms with E-state index in [4.69, 9.17) is 14.5 Å². The molecule has 0 radical (unpaired) electrons. The number of aliphatic imine (C=N–C) groups is 1. The van der Waals surface area contributed by atoms with Gasteiger partial charge in [0.1, 0.15) is 11.4 Å². The Hall–Kier alpha value is -4.50. The van der Waals surface area contributed by atoms with Crippen LogP contribution in [0.25, 0.3) is 10.9 Å². The predicted octanol–water partition coefficient (Wildman–Crippen LogP) is 5.72. The van der Waals surface area contributed by atoms with Crippen molar-refractivity contribution >= 4 is 34.2 Å². The van der Waals surface area contributed by atoms with Crippen LogP contribution in [0.2, 0.25) is 0 Å². The van der Waals surface area contributed by atoms with Crippen LogP contribution in [-0.2, 0) is 32.0 Å². The lowest BCUT2D eigenvalue weighted by Gasteiger charge is -2.19. The van der Waals surface area contributed by atoms with Crippen molar-refractivity contribution in [1.29, 1.82) is 0 Å². The molecule has 0 aliphatic rings. The number of H-pyrrole nitrogens is 1. The summed E-state index contributed by atoms with van der Waals surface area (Å²) in [6, 6.07) is 19.3. The zero-order chi connectivity index (χ0) is 29.6. The summed E-state index contributed by atoms with van der Waals surface area (Å²) in [5.74, 6) is -1.15. The molecule has 4 rings (SSSR count). The summed E-state index contributed by atoms with van der Waals surface area (Å²) in [5, 5.41) is 14.6. The van der Waals surface area contributed by atoms with Crippen molar-refractivity contribution in [3.8, 4) is 5.88 Å². The number of aromatic hydroxyl groups is 1. The number of rotatable bonds is 10. The van der Waals surface area contributed by atoms with E-state index in [9.17, 15) is 19.1 Å². The number of ether oxygens (including phenoxy) is 2. The van der Waals surface area contributed by atoms with Crippen molar-refractivity contribution < 1.29 is 28.6 Å². The zero-order valence-electron chi connectivity index (χ0n) is 23.6. The average molecular weight is 560 g/mol. The fraction of sp³-hybridized carbons (Fsp3) is 0.281. The van der Waals surface area contributed by atoms with Crippen LogP contribution >= 0.6 is 0 Å². The molecule has 3 aromatic carbocycles. The van der Waals surface area contributed by atoms with Crippen molar-refractivity contribution in [3.63, 3.8) is 0 Å². The Kier molecular flexibility index (Phi) is 9.19. The first-order valence-electron chi connectivity index (χ1n) is 13.3. The second-order valence-electron chi connectivity index (χ2n) is 10.6. The van der Waals surface area contributed by atoms with E-state index >= 15 is 0 Å². The topological polar surface area (TPSA) is 113 Å². The monoisotopic (exact) mass is 559 g/mol. The highest BCUT2D eigenvalue weighted by Gasteiger charge is 2.20. The van der Waals surface area contributed by atoms with E-state index in [0.717, 1.165) is 16.7 Å². The molecule has 0 atom stereocenters. The molecule has 0 unspecified atom stereocenters. The molecule has 4 aromatic rings. The number of esters is 2. The number of carbonyl (C=O) groups excluding carboxylic acids is 2. The van der Waals surface area contributed by atoms with Crippen molar-refractivity contribution in [2.45, 2.75) is 45.8 Å². The van der Waals surface area contributed by atoms with E-state index in [0.29, 0.717) is 40.8 Å². The fourth-order valence-corrected chi connectivity index (χ4v) is 4.34. The maximum Gasteiger partial charge on any atom is 0.320 e. The van der Waals surface area contributed by atoms with Crippen molar-refractivity contribution in [1.82, 2.24) is 10.3 Å².